The van der Waals surface area contributed by atoms with Crippen LogP contribution in [0.4, 0.5) is 5.69 Å². The molecule has 3 nitrogen and oxygen atoms in total. The second-order valence-corrected chi connectivity index (χ2v) is 4.83. The molecule has 16 heavy (non-hydrogen) atoms. The van der Waals surface area contributed by atoms with E-state index in [-0.39, 0.29) is 0 Å². The number of anilines is 1. The topological polar surface area (TPSA) is 50.9 Å². The molecule has 2 atom stereocenters. The lowest BCUT2D eigenvalue weighted by Gasteiger charge is -2.19. The fourth-order valence-electron chi connectivity index (χ4n) is 2.45. The Morgan fingerprint density at radius 3 is 3.00 bits per heavy atom. The van der Waals surface area contributed by atoms with Gasteiger partial charge in [0.25, 0.3) is 0 Å². The molecule has 0 bridgehead atoms. The quantitative estimate of drug-likeness (QED) is 0.849. The summed E-state index contributed by atoms with van der Waals surface area (Å²) >= 11 is 6.03. The van der Waals surface area contributed by atoms with Crippen molar-refractivity contribution in [3.8, 4) is 0 Å². The SMILES string of the molecule is NCC1CCCC1CNc1ccncc1Cl. The van der Waals surface area contributed by atoms with Crippen LogP contribution in [0.5, 0.6) is 0 Å². The molecule has 1 aliphatic carbocycles. The third-order valence-corrected chi connectivity index (χ3v) is 3.75. The van der Waals surface area contributed by atoms with Crippen molar-refractivity contribution in [3.05, 3.63) is 23.5 Å². The van der Waals surface area contributed by atoms with Crippen LogP contribution < -0.4 is 11.1 Å². The minimum atomic E-state index is 0.674. The van der Waals surface area contributed by atoms with Crippen LogP contribution in [0.25, 0.3) is 0 Å². The van der Waals surface area contributed by atoms with Gasteiger partial charge in [-0.3, -0.25) is 4.98 Å². The summed E-state index contributed by atoms with van der Waals surface area (Å²) < 4.78 is 0. The average Bonchev–Trinajstić information content (AvgIpc) is 2.75. The standard InChI is InChI=1S/C12H18ClN3/c13-11-8-15-5-4-12(11)16-7-10-3-1-2-9(10)6-14/h4-5,8-10H,1-3,6-7,14H2,(H,15,16). The zero-order valence-corrected chi connectivity index (χ0v) is 10.1. The van der Waals surface area contributed by atoms with Gasteiger partial charge in [0, 0.05) is 18.9 Å². The minimum absolute atomic E-state index is 0.674. The lowest BCUT2D eigenvalue weighted by Crippen LogP contribution is -2.24. The maximum atomic E-state index is 6.03. The highest BCUT2D eigenvalue weighted by atomic mass is 35.5. The molecular formula is C12H18ClN3. The van der Waals surface area contributed by atoms with Gasteiger partial charge in [0.1, 0.15) is 0 Å². The van der Waals surface area contributed by atoms with Crippen molar-refractivity contribution in [1.82, 2.24) is 4.98 Å². The molecule has 1 aromatic heterocycles. The zero-order chi connectivity index (χ0) is 11.4. The molecule has 1 fully saturated rings. The number of nitrogens with zero attached hydrogens (tertiary/aromatic N) is 1. The molecular weight excluding hydrogens is 222 g/mol. The van der Waals surface area contributed by atoms with E-state index in [0.717, 1.165) is 18.8 Å². The van der Waals surface area contributed by atoms with Crippen LogP contribution in [-0.4, -0.2) is 18.1 Å². The highest BCUT2D eigenvalue weighted by Gasteiger charge is 2.25. The van der Waals surface area contributed by atoms with Crippen LogP contribution in [0.15, 0.2) is 18.5 Å². The molecule has 1 heterocycles. The molecule has 3 N–H and O–H groups in total. The van der Waals surface area contributed by atoms with Gasteiger partial charge in [-0.1, -0.05) is 18.0 Å². The van der Waals surface area contributed by atoms with Crippen molar-refractivity contribution in [2.24, 2.45) is 17.6 Å². The smallest absolute Gasteiger partial charge is 0.0820 e. The maximum absolute atomic E-state index is 6.03. The van der Waals surface area contributed by atoms with Crippen LogP contribution >= 0.6 is 11.6 Å². The van der Waals surface area contributed by atoms with Gasteiger partial charge in [-0.05, 0) is 37.3 Å². The number of hydrogen-bond donors (Lipinski definition) is 2. The molecule has 4 heteroatoms. The predicted octanol–water partition coefficient (Wildman–Crippen LogP) is 2.52. The summed E-state index contributed by atoms with van der Waals surface area (Å²) in [5.74, 6) is 1.36. The zero-order valence-electron chi connectivity index (χ0n) is 9.32. The molecule has 1 saturated carbocycles. The van der Waals surface area contributed by atoms with E-state index in [4.69, 9.17) is 17.3 Å². The molecule has 0 saturated heterocycles. The van der Waals surface area contributed by atoms with Crippen molar-refractivity contribution in [2.45, 2.75) is 19.3 Å². The van der Waals surface area contributed by atoms with E-state index >= 15 is 0 Å². The largest absolute Gasteiger partial charge is 0.383 e. The first-order chi connectivity index (χ1) is 7.81. The Hall–Kier alpha value is -0.800. The highest BCUT2D eigenvalue weighted by Crippen LogP contribution is 2.31. The van der Waals surface area contributed by atoms with Gasteiger partial charge in [0.15, 0.2) is 0 Å². The van der Waals surface area contributed by atoms with Crippen LogP contribution in [-0.2, 0) is 0 Å². The van der Waals surface area contributed by atoms with Gasteiger partial charge in [-0.2, -0.15) is 0 Å². The van der Waals surface area contributed by atoms with Gasteiger partial charge in [-0.15, -0.1) is 0 Å². The molecule has 0 aromatic carbocycles. The van der Waals surface area contributed by atoms with Crippen molar-refractivity contribution < 1.29 is 0 Å². The minimum Gasteiger partial charge on any atom is -0.383 e. The molecule has 1 aliphatic rings. The van der Waals surface area contributed by atoms with Crippen molar-refractivity contribution >= 4 is 17.3 Å². The van der Waals surface area contributed by atoms with E-state index in [1.165, 1.54) is 19.3 Å². The third kappa shape index (κ3) is 2.66. The van der Waals surface area contributed by atoms with E-state index in [1.807, 2.05) is 6.07 Å². The Morgan fingerprint density at radius 1 is 1.44 bits per heavy atom. The maximum Gasteiger partial charge on any atom is 0.0820 e. The summed E-state index contributed by atoms with van der Waals surface area (Å²) in [5.41, 5.74) is 6.73. The fourth-order valence-corrected chi connectivity index (χ4v) is 2.64. The van der Waals surface area contributed by atoms with E-state index in [2.05, 4.69) is 10.3 Å². The lowest BCUT2D eigenvalue weighted by molar-refractivity contribution is 0.414. The number of rotatable bonds is 4. The highest BCUT2D eigenvalue weighted by molar-refractivity contribution is 6.33. The van der Waals surface area contributed by atoms with Gasteiger partial charge >= 0.3 is 0 Å². The molecule has 0 spiro atoms. The fraction of sp³-hybridized carbons (Fsp3) is 0.583. The van der Waals surface area contributed by atoms with Gasteiger partial charge in [-0.25, -0.2) is 0 Å². The van der Waals surface area contributed by atoms with E-state index < -0.39 is 0 Å². The third-order valence-electron chi connectivity index (χ3n) is 3.45. The number of aromatic nitrogens is 1. The summed E-state index contributed by atoms with van der Waals surface area (Å²) in [6.07, 6.45) is 7.27. The number of nitrogens with two attached hydrogens (primary N) is 1. The molecule has 2 rings (SSSR count). The summed E-state index contributed by atoms with van der Waals surface area (Å²) in [6, 6.07) is 1.91. The van der Waals surface area contributed by atoms with E-state index in [1.54, 1.807) is 12.4 Å². The monoisotopic (exact) mass is 239 g/mol. The van der Waals surface area contributed by atoms with Crippen LogP contribution in [0.1, 0.15) is 19.3 Å². The Bertz CT molecular complexity index is 343. The predicted molar refractivity (Wildman–Crippen MR) is 67.6 cm³/mol. The van der Waals surface area contributed by atoms with Crippen LogP contribution in [0.3, 0.4) is 0 Å². The molecule has 88 valence electrons. The second kappa shape index (κ2) is 5.51. The van der Waals surface area contributed by atoms with Crippen molar-refractivity contribution in [1.29, 1.82) is 0 Å². The molecule has 1 aromatic rings. The Morgan fingerprint density at radius 2 is 2.25 bits per heavy atom. The van der Waals surface area contributed by atoms with Gasteiger partial charge in [0.2, 0.25) is 0 Å². The van der Waals surface area contributed by atoms with Crippen molar-refractivity contribution in [2.75, 3.05) is 18.4 Å². The van der Waals surface area contributed by atoms with E-state index in [9.17, 15) is 0 Å². The first kappa shape index (κ1) is 11.7. The Labute approximate surface area is 101 Å². The summed E-state index contributed by atoms with van der Waals surface area (Å²) in [4.78, 5) is 3.96. The van der Waals surface area contributed by atoms with Crippen LogP contribution in [0.2, 0.25) is 5.02 Å². The molecule has 0 radical (unpaired) electrons. The summed E-state index contributed by atoms with van der Waals surface area (Å²) in [6.45, 7) is 1.77. The number of hydrogen-bond acceptors (Lipinski definition) is 3. The molecule has 2 unspecified atom stereocenters. The first-order valence-electron chi connectivity index (χ1n) is 5.84. The second-order valence-electron chi connectivity index (χ2n) is 4.42. The normalized spacial score (nSPS) is 24.6. The molecule has 0 aliphatic heterocycles. The molecule has 0 amide bonds. The van der Waals surface area contributed by atoms with Crippen LogP contribution in [0, 0.1) is 11.8 Å². The Kier molecular flexibility index (Phi) is 4.02. The van der Waals surface area contributed by atoms with Gasteiger partial charge < -0.3 is 11.1 Å². The number of nitrogens with one attached hydrogen (secondary N) is 1. The lowest BCUT2D eigenvalue weighted by atomic mass is 9.96. The van der Waals surface area contributed by atoms with E-state index in [0.29, 0.717) is 16.9 Å². The average molecular weight is 240 g/mol. The number of halogens is 1. The Balaban J connectivity index is 1.90. The summed E-state index contributed by atoms with van der Waals surface area (Å²) in [7, 11) is 0. The van der Waals surface area contributed by atoms with Gasteiger partial charge in [0.05, 0.1) is 10.7 Å². The number of pyridine rings is 1. The first-order valence-corrected chi connectivity index (χ1v) is 6.22. The van der Waals surface area contributed by atoms with Crippen molar-refractivity contribution in [3.63, 3.8) is 0 Å². The summed E-state index contributed by atoms with van der Waals surface area (Å²) in [5, 5.41) is 4.08.